The normalized spacial score (nSPS) is 15.2. The molecule has 128 valence electrons. The van der Waals surface area contributed by atoms with Crippen LogP contribution in [0.3, 0.4) is 0 Å². The number of furan rings is 1. The predicted octanol–water partition coefficient (Wildman–Crippen LogP) is 0.744. The largest absolute Gasteiger partial charge is 0.467 e. The van der Waals surface area contributed by atoms with Gasteiger partial charge in [-0.3, -0.25) is 9.69 Å². The molecule has 1 saturated heterocycles. The van der Waals surface area contributed by atoms with E-state index in [0.717, 1.165) is 39.4 Å². The molecule has 1 amide bonds. The van der Waals surface area contributed by atoms with Crippen LogP contribution < -0.4 is 10.6 Å². The van der Waals surface area contributed by atoms with Crippen LogP contribution in [-0.2, 0) is 11.3 Å². The van der Waals surface area contributed by atoms with Crippen molar-refractivity contribution in [3.63, 3.8) is 0 Å². The molecule has 8 nitrogen and oxygen atoms in total. The maximum absolute atomic E-state index is 12.0. The number of hydrogen-bond acceptors (Lipinski definition) is 7. The second kappa shape index (κ2) is 8.42. The molecule has 8 heteroatoms. The molecule has 3 heterocycles. The van der Waals surface area contributed by atoms with Crippen LogP contribution in [0, 0.1) is 0 Å². The summed E-state index contributed by atoms with van der Waals surface area (Å²) in [5, 5.41) is 5.92. The average molecular weight is 331 g/mol. The van der Waals surface area contributed by atoms with Gasteiger partial charge in [-0.2, -0.15) is 0 Å². The lowest BCUT2D eigenvalue weighted by atomic mass is 10.3. The number of morpholine rings is 1. The number of ether oxygens (including phenoxy) is 1. The molecule has 2 aromatic rings. The Kier molecular flexibility index (Phi) is 5.75. The van der Waals surface area contributed by atoms with E-state index in [1.807, 2.05) is 0 Å². The zero-order valence-electron chi connectivity index (χ0n) is 13.4. The molecule has 0 unspecified atom stereocenters. The second-order valence-electron chi connectivity index (χ2n) is 5.44. The van der Waals surface area contributed by atoms with Crippen LogP contribution in [0.1, 0.15) is 16.1 Å². The van der Waals surface area contributed by atoms with Crippen molar-refractivity contribution in [2.45, 2.75) is 6.54 Å². The molecule has 3 rings (SSSR count). The molecule has 24 heavy (non-hydrogen) atoms. The first-order chi connectivity index (χ1) is 11.8. The number of nitrogens with one attached hydrogen (secondary N) is 2. The van der Waals surface area contributed by atoms with Crippen LogP contribution in [0.15, 0.2) is 35.2 Å². The van der Waals surface area contributed by atoms with Gasteiger partial charge in [0.1, 0.15) is 5.76 Å². The highest BCUT2D eigenvalue weighted by molar-refractivity contribution is 5.93. The van der Waals surface area contributed by atoms with E-state index in [2.05, 4.69) is 25.5 Å². The van der Waals surface area contributed by atoms with Crippen LogP contribution in [0.2, 0.25) is 0 Å². The molecule has 0 aromatic carbocycles. The monoisotopic (exact) mass is 331 g/mol. The minimum atomic E-state index is -0.230. The standard InChI is InChI=1S/C16H21N5O3/c22-15(18-12-14-2-1-7-24-14)13-10-19-16(20-11-13)17-3-4-21-5-8-23-9-6-21/h1-2,7,10-11H,3-6,8-9,12H2,(H,18,22)(H,17,19,20). The fourth-order valence-corrected chi connectivity index (χ4v) is 2.37. The van der Waals surface area contributed by atoms with Crippen molar-refractivity contribution >= 4 is 11.9 Å². The van der Waals surface area contributed by atoms with Gasteiger partial charge in [-0.05, 0) is 12.1 Å². The summed E-state index contributed by atoms with van der Waals surface area (Å²) in [5.74, 6) is 0.989. The molecule has 0 radical (unpaired) electrons. The highest BCUT2D eigenvalue weighted by atomic mass is 16.5. The van der Waals surface area contributed by atoms with Crippen LogP contribution in [-0.4, -0.2) is 60.2 Å². The number of carbonyl (C=O) groups is 1. The van der Waals surface area contributed by atoms with Crippen molar-refractivity contribution < 1.29 is 13.9 Å². The zero-order valence-corrected chi connectivity index (χ0v) is 13.4. The van der Waals surface area contributed by atoms with Crippen molar-refractivity contribution in [2.24, 2.45) is 0 Å². The van der Waals surface area contributed by atoms with Crippen LogP contribution >= 0.6 is 0 Å². The quantitative estimate of drug-likeness (QED) is 0.773. The summed E-state index contributed by atoms with van der Waals surface area (Å²) >= 11 is 0. The highest BCUT2D eigenvalue weighted by Gasteiger charge is 2.10. The summed E-state index contributed by atoms with van der Waals surface area (Å²) in [4.78, 5) is 22.7. The Morgan fingerprint density at radius 3 is 2.75 bits per heavy atom. The number of nitrogens with zero attached hydrogens (tertiary/aromatic N) is 3. The maximum Gasteiger partial charge on any atom is 0.254 e. The molecule has 2 N–H and O–H groups in total. The van der Waals surface area contributed by atoms with E-state index in [1.165, 1.54) is 12.4 Å². The van der Waals surface area contributed by atoms with Gasteiger partial charge in [0.15, 0.2) is 0 Å². The number of carbonyl (C=O) groups excluding carboxylic acids is 1. The molecule has 1 aliphatic rings. The minimum Gasteiger partial charge on any atom is -0.467 e. The SMILES string of the molecule is O=C(NCc1ccco1)c1cnc(NCCN2CCOCC2)nc1. The van der Waals surface area contributed by atoms with Gasteiger partial charge in [-0.15, -0.1) is 0 Å². The van der Waals surface area contributed by atoms with Gasteiger partial charge in [-0.1, -0.05) is 0 Å². The van der Waals surface area contributed by atoms with E-state index in [0.29, 0.717) is 23.8 Å². The topological polar surface area (TPSA) is 92.5 Å². The van der Waals surface area contributed by atoms with E-state index < -0.39 is 0 Å². The Morgan fingerprint density at radius 1 is 1.25 bits per heavy atom. The maximum atomic E-state index is 12.0. The lowest BCUT2D eigenvalue weighted by molar-refractivity contribution is 0.0398. The van der Waals surface area contributed by atoms with Crippen molar-refractivity contribution in [1.82, 2.24) is 20.2 Å². The zero-order chi connectivity index (χ0) is 16.6. The molecule has 0 spiro atoms. The van der Waals surface area contributed by atoms with Crippen molar-refractivity contribution in [3.05, 3.63) is 42.1 Å². The summed E-state index contributed by atoms with van der Waals surface area (Å²) in [7, 11) is 0. The summed E-state index contributed by atoms with van der Waals surface area (Å²) in [5.41, 5.74) is 0.417. The van der Waals surface area contributed by atoms with Crippen molar-refractivity contribution in [1.29, 1.82) is 0 Å². The van der Waals surface area contributed by atoms with E-state index in [-0.39, 0.29) is 5.91 Å². The summed E-state index contributed by atoms with van der Waals surface area (Å²) in [6.07, 6.45) is 4.60. The number of anilines is 1. The Morgan fingerprint density at radius 2 is 2.04 bits per heavy atom. The Balaban J connectivity index is 1.41. The molecule has 1 aliphatic heterocycles. The van der Waals surface area contributed by atoms with E-state index >= 15 is 0 Å². The third kappa shape index (κ3) is 4.77. The number of hydrogen-bond donors (Lipinski definition) is 2. The van der Waals surface area contributed by atoms with Crippen LogP contribution in [0.4, 0.5) is 5.95 Å². The number of aromatic nitrogens is 2. The van der Waals surface area contributed by atoms with Gasteiger partial charge >= 0.3 is 0 Å². The first-order valence-electron chi connectivity index (χ1n) is 7.98. The van der Waals surface area contributed by atoms with Crippen LogP contribution in [0.25, 0.3) is 0 Å². The average Bonchev–Trinajstić information content (AvgIpc) is 3.15. The fourth-order valence-electron chi connectivity index (χ4n) is 2.37. The fraction of sp³-hybridized carbons (Fsp3) is 0.438. The van der Waals surface area contributed by atoms with Crippen molar-refractivity contribution in [2.75, 3.05) is 44.7 Å². The first kappa shape index (κ1) is 16.4. The number of rotatable bonds is 7. The lowest BCUT2D eigenvalue weighted by Gasteiger charge is -2.26. The molecule has 0 saturated carbocycles. The van der Waals surface area contributed by atoms with Gasteiger partial charge in [0.25, 0.3) is 5.91 Å². The van der Waals surface area contributed by atoms with E-state index in [4.69, 9.17) is 9.15 Å². The first-order valence-corrected chi connectivity index (χ1v) is 7.98. The van der Waals surface area contributed by atoms with E-state index in [1.54, 1.807) is 18.4 Å². The summed E-state index contributed by atoms with van der Waals surface area (Å²) in [6, 6.07) is 3.58. The van der Waals surface area contributed by atoms with Crippen LogP contribution in [0.5, 0.6) is 0 Å². The van der Waals surface area contributed by atoms with Gasteiger partial charge in [0.2, 0.25) is 5.95 Å². The third-order valence-corrected chi connectivity index (χ3v) is 3.73. The van der Waals surface area contributed by atoms with Gasteiger partial charge < -0.3 is 19.8 Å². The molecule has 0 aliphatic carbocycles. The van der Waals surface area contributed by atoms with E-state index in [9.17, 15) is 4.79 Å². The molecule has 2 aromatic heterocycles. The number of amides is 1. The van der Waals surface area contributed by atoms with Gasteiger partial charge in [0.05, 0.1) is 31.6 Å². The van der Waals surface area contributed by atoms with Crippen molar-refractivity contribution in [3.8, 4) is 0 Å². The van der Waals surface area contributed by atoms with Gasteiger partial charge in [-0.25, -0.2) is 9.97 Å². The molecule has 1 fully saturated rings. The Hall–Kier alpha value is -2.45. The Labute approximate surface area is 140 Å². The second-order valence-corrected chi connectivity index (χ2v) is 5.44. The summed E-state index contributed by atoms with van der Waals surface area (Å²) < 4.78 is 10.5. The smallest absolute Gasteiger partial charge is 0.254 e. The third-order valence-electron chi connectivity index (χ3n) is 3.73. The Bertz CT molecular complexity index is 624. The molecular formula is C16H21N5O3. The molecular weight excluding hydrogens is 310 g/mol. The summed E-state index contributed by atoms with van der Waals surface area (Å²) in [6.45, 7) is 5.50. The molecule has 0 bridgehead atoms. The highest BCUT2D eigenvalue weighted by Crippen LogP contribution is 2.03. The minimum absolute atomic E-state index is 0.230. The lowest BCUT2D eigenvalue weighted by Crippen LogP contribution is -2.39. The van der Waals surface area contributed by atoms with Gasteiger partial charge in [0, 0.05) is 38.6 Å². The molecule has 0 atom stereocenters. The predicted molar refractivity (Wildman–Crippen MR) is 87.7 cm³/mol.